The minimum absolute atomic E-state index is 0.209. The predicted octanol–water partition coefficient (Wildman–Crippen LogP) is 2.12. The molecule has 14 heavy (non-hydrogen) atoms. The molecule has 0 radical (unpaired) electrons. The first-order valence-corrected chi connectivity index (χ1v) is 4.29. The van der Waals surface area contributed by atoms with Gasteiger partial charge in [-0.1, -0.05) is 20.8 Å². The van der Waals surface area contributed by atoms with E-state index < -0.39 is 0 Å². The molecule has 1 heterocycles. The number of aromatic nitrogens is 1. The highest BCUT2D eigenvalue weighted by atomic mass is 14.6. The third-order valence-corrected chi connectivity index (χ3v) is 1.94. The summed E-state index contributed by atoms with van der Waals surface area (Å²) in [6.45, 7) is 5.93. The van der Waals surface area contributed by atoms with Gasteiger partial charge < -0.3 is 0 Å². The maximum Gasteiger partial charge on any atom is 0.101 e. The standard InChI is InChI=1S/C11H11N3/c1-11(2,3)10-8(4-12)6-14-7-9(10)5-13/h6-7H,1-3H3. The van der Waals surface area contributed by atoms with Crippen molar-refractivity contribution in [3.63, 3.8) is 0 Å². The van der Waals surface area contributed by atoms with Gasteiger partial charge in [-0.25, -0.2) is 0 Å². The van der Waals surface area contributed by atoms with Crippen molar-refractivity contribution in [3.05, 3.63) is 29.1 Å². The molecule has 0 saturated carbocycles. The maximum atomic E-state index is 8.90. The summed E-state index contributed by atoms with van der Waals surface area (Å²) >= 11 is 0. The monoisotopic (exact) mass is 185 g/mol. The molecule has 3 nitrogen and oxygen atoms in total. The zero-order valence-electron chi connectivity index (χ0n) is 8.50. The van der Waals surface area contributed by atoms with E-state index in [1.165, 1.54) is 12.4 Å². The fourth-order valence-electron chi connectivity index (χ4n) is 1.44. The quantitative estimate of drug-likeness (QED) is 0.622. The fourth-order valence-corrected chi connectivity index (χ4v) is 1.44. The van der Waals surface area contributed by atoms with Crippen molar-refractivity contribution in [2.75, 3.05) is 0 Å². The highest BCUT2D eigenvalue weighted by molar-refractivity contribution is 5.49. The van der Waals surface area contributed by atoms with Crippen molar-refractivity contribution in [2.45, 2.75) is 26.2 Å². The molecular formula is C11H11N3. The van der Waals surface area contributed by atoms with E-state index in [2.05, 4.69) is 17.1 Å². The Kier molecular flexibility index (Phi) is 2.53. The van der Waals surface area contributed by atoms with E-state index in [4.69, 9.17) is 10.5 Å². The van der Waals surface area contributed by atoms with Crippen LogP contribution in [0.25, 0.3) is 0 Å². The number of rotatable bonds is 0. The summed E-state index contributed by atoms with van der Waals surface area (Å²) in [5.74, 6) is 0. The summed E-state index contributed by atoms with van der Waals surface area (Å²) in [6.07, 6.45) is 3.00. The van der Waals surface area contributed by atoms with Gasteiger partial charge in [-0.05, 0) is 11.0 Å². The Labute approximate surface area is 83.6 Å². The molecule has 1 aromatic rings. The first-order chi connectivity index (χ1) is 6.50. The molecule has 0 spiro atoms. The van der Waals surface area contributed by atoms with Crippen LogP contribution in [0.2, 0.25) is 0 Å². The Hall–Kier alpha value is -1.87. The van der Waals surface area contributed by atoms with Gasteiger partial charge in [0, 0.05) is 12.4 Å². The predicted molar refractivity (Wildman–Crippen MR) is 52.4 cm³/mol. The van der Waals surface area contributed by atoms with Crippen molar-refractivity contribution in [2.24, 2.45) is 0 Å². The van der Waals surface area contributed by atoms with Crippen LogP contribution < -0.4 is 0 Å². The Morgan fingerprint density at radius 2 is 1.50 bits per heavy atom. The average Bonchev–Trinajstić information content (AvgIpc) is 2.15. The van der Waals surface area contributed by atoms with Crippen molar-refractivity contribution in [1.29, 1.82) is 10.5 Å². The van der Waals surface area contributed by atoms with Crippen molar-refractivity contribution in [1.82, 2.24) is 4.98 Å². The molecule has 0 atom stereocenters. The fraction of sp³-hybridized carbons (Fsp3) is 0.364. The molecule has 3 heteroatoms. The summed E-state index contributed by atoms with van der Waals surface area (Å²) in [4.78, 5) is 3.86. The van der Waals surface area contributed by atoms with E-state index in [0.717, 1.165) is 5.56 Å². The van der Waals surface area contributed by atoms with E-state index in [-0.39, 0.29) is 5.41 Å². The minimum atomic E-state index is -0.209. The maximum absolute atomic E-state index is 8.90. The molecule has 0 bridgehead atoms. The van der Waals surface area contributed by atoms with Gasteiger partial charge in [0.15, 0.2) is 0 Å². The van der Waals surface area contributed by atoms with Gasteiger partial charge >= 0.3 is 0 Å². The lowest BCUT2D eigenvalue weighted by molar-refractivity contribution is 0.585. The minimum Gasteiger partial charge on any atom is -0.262 e. The van der Waals surface area contributed by atoms with E-state index in [0.29, 0.717) is 11.1 Å². The Balaban J connectivity index is 3.54. The smallest absolute Gasteiger partial charge is 0.101 e. The number of hydrogen-bond donors (Lipinski definition) is 0. The molecule has 0 amide bonds. The van der Waals surface area contributed by atoms with Crippen LogP contribution in [-0.2, 0) is 5.41 Å². The van der Waals surface area contributed by atoms with Gasteiger partial charge in [-0.15, -0.1) is 0 Å². The van der Waals surface area contributed by atoms with E-state index in [1.807, 2.05) is 20.8 Å². The summed E-state index contributed by atoms with van der Waals surface area (Å²) in [5, 5.41) is 17.8. The molecule has 0 aromatic carbocycles. The number of hydrogen-bond acceptors (Lipinski definition) is 3. The van der Waals surface area contributed by atoms with Crippen LogP contribution in [-0.4, -0.2) is 4.98 Å². The van der Waals surface area contributed by atoms with Crippen molar-refractivity contribution in [3.8, 4) is 12.1 Å². The Bertz CT molecular complexity index is 395. The van der Waals surface area contributed by atoms with Gasteiger partial charge in [0.2, 0.25) is 0 Å². The van der Waals surface area contributed by atoms with Gasteiger partial charge in [0.25, 0.3) is 0 Å². The van der Waals surface area contributed by atoms with E-state index in [9.17, 15) is 0 Å². The first-order valence-electron chi connectivity index (χ1n) is 4.29. The zero-order valence-corrected chi connectivity index (χ0v) is 8.50. The van der Waals surface area contributed by atoms with Crippen LogP contribution in [0.15, 0.2) is 12.4 Å². The molecule has 0 saturated heterocycles. The number of nitrogens with zero attached hydrogens (tertiary/aromatic N) is 3. The summed E-state index contributed by atoms with van der Waals surface area (Å²) in [7, 11) is 0. The summed E-state index contributed by atoms with van der Waals surface area (Å²) < 4.78 is 0. The SMILES string of the molecule is CC(C)(C)c1c(C#N)cncc1C#N. The van der Waals surface area contributed by atoms with Crippen molar-refractivity contribution >= 4 is 0 Å². The lowest BCUT2D eigenvalue weighted by Gasteiger charge is -2.21. The second-order valence-electron chi connectivity index (χ2n) is 4.08. The average molecular weight is 185 g/mol. The number of pyridine rings is 1. The van der Waals surface area contributed by atoms with E-state index >= 15 is 0 Å². The molecule has 0 aliphatic rings. The van der Waals surface area contributed by atoms with Crippen LogP contribution in [0.4, 0.5) is 0 Å². The van der Waals surface area contributed by atoms with Gasteiger partial charge in [-0.2, -0.15) is 10.5 Å². The molecule has 0 aliphatic carbocycles. The van der Waals surface area contributed by atoms with Crippen LogP contribution in [0, 0.1) is 22.7 Å². The topological polar surface area (TPSA) is 60.5 Å². The molecule has 0 unspecified atom stereocenters. The Morgan fingerprint density at radius 3 is 1.79 bits per heavy atom. The lowest BCUT2D eigenvalue weighted by atomic mass is 9.82. The summed E-state index contributed by atoms with van der Waals surface area (Å²) in [5.41, 5.74) is 1.53. The molecule has 1 rings (SSSR count). The largest absolute Gasteiger partial charge is 0.262 e. The highest BCUT2D eigenvalue weighted by Crippen LogP contribution is 2.27. The molecule has 0 N–H and O–H groups in total. The third kappa shape index (κ3) is 1.72. The first kappa shape index (κ1) is 10.2. The number of nitriles is 2. The van der Waals surface area contributed by atoms with Crippen LogP contribution in [0.3, 0.4) is 0 Å². The van der Waals surface area contributed by atoms with Gasteiger partial charge in [0.05, 0.1) is 11.1 Å². The van der Waals surface area contributed by atoms with Gasteiger partial charge in [-0.3, -0.25) is 4.98 Å². The van der Waals surface area contributed by atoms with Crippen LogP contribution in [0.1, 0.15) is 37.5 Å². The lowest BCUT2D eigenvalue weighted by Crippen LogP contribution is -2.16. The van der Waals surface area contributed by atoms with Crippen molar-refractivity contribution < 1.29 is 0 Å². The van der Waals surface area contributed by atoms with Crippen LogP contribution >= 0.6 is 0 Å². The second kappa shape index (κ2) is 3.47. The molecule has 70 valence electrons. The molecule has 1 aromatic heterocycles. The van der Waals surface area contributed by atoms with E-state index in [1.54, 1.807) is 0 Å². The second-order valence-corrected chi connectivity index (χ2v) is 4.08. The third-order valence-electron chi connectivity index (χ3n) is 1.94. The molecular weight excluding hydrogens is 174 g/mol. The van der Waals surface area contributed by atoms with Gasteiger partial charge in [0.1, 0.15) is 12.1 Å². The summed E-state index contributed by atoms with van der Waals surface area (Å²) in [6, 6.07) is 4.13. The normalized spacial score (nSPS) is 10.4. The zero-order chi connectivity index (χ0) is 10.8. The molecule has 0 aliphatic heterocycles. The molecule has 0 fully saturated rings. The Morgan fingerprint density at radius 1 is 1.07 bits per heavy atom. The van der Waals surface area contributed by atoms with Crippen LogP contribution in [0.5, 0.6) is 0 Å². The highest BCUT2D eigenvalue weighted by Gasteiger charge is 2.22.